The lowest BCUT2D eigenvalue weighted by atomic mass is 10.1. The lowest BCUT2D eigenvalue weighted by molar-refractivity contribution is -0.142. The van der Waals surface area contributed by atoms with Gasteiger partial charge in [0, 0.05) is 19.5 Å². The fraction of sp³-hybridized carbons (Fsp3) is 0.667. The highest BCUT2D eigenvalue weighted by atomic mass is 16.2. The Balaban J connectivity index is 2.20. The van der Waals surface area contributed by atoms with Crippen LogP contribution in [0.25, 0.3) is 0 Å². The van der Waals surface area contributed by atoms with Gasteiger partial charge in [-0.3, -0.25) is 9.59 Å². The molecule has 0 spiro atoms. The highest BCUT2D eigenvalue weighted by Gasteiger charge is 2.32. The molecule has 0 aromatic heterocycles. The van der Waals surface area contributed by atoms with Gasteiger partial charge in [0.1, 0.15) is 6.04 Å². The maximum absolute atomic E-state index is 10.8. The first-order valence-corrected chi connectivity index (χ1v) is 3.44. The van der Waals surface area contributed by atoms with Crippen molar-refractivity contribution >= 4 is 11.8 Å². The zero-order valence-electron chi connectivity index (χ0n) is 6.12. The molecular weight excluding hydrogens is 146 g/mol. The molecule has 1 aliphatic heterocycles. The fourth-order valence-electron chi connectivity index (χ4n) is 0.974. The van der Waals surface area contributed by atoms with Gasteiger partial charge in [-0.25, -0.2) is 0 Å². The van der Waals surface area contributed by atoms with E-state index >= 15 is 0 Å². The molecule has 1 atom stereocenters. The van der Waals surface area contributed by atoms with E-state index < -0.39 is 5.91 Å². The van der Waals surface area contributed by atoms with Crippen molar-refractivity contribution in [1.82, 2.24) is 4.90 Å². The van der Waals surface area contributed by atoms with Crippen molar-refractivity contribution in [2.75, 3.05) is 13.1 Å². The van der Waals surface area contributed by atoms with Crippen LogP contribution in [0, 0.1) is 0 Å². The monoisotopic (exact) mass is 157 g/mol. The Morgan fingerprint density at radius 1 is 1.73 bits per heavy atom. The number of likely N-dealkylation sites (tertiary alicyclic amines) is 1. The predicted molar refractivity (Wildman–Crippen MR) is 38.4 cm³/mol. The molecule has 0 saturated carbocycles. The summed E-state index contributed by atoms with van der Waals surface area (Å²) < 4.78 is 0. The third kappa shape index (κ3) is 1.68. The van der Waals surface area contributed by atoms with Crippen LogP contribution in [0.3, 0.4) is 0 Å². The number of nitrogens with zero attached hydrogens (tertiary/aromatic N) is 1. The van der Waals surface area contributed by atoms with Crippen LogP contribution in [0.4, 0.5) is 0 Å². The first-order valence-electron chi connectivity index (χ1n) is 3.44. The van der Waals surface area contributed by atoms with E-state index in [4.69, 9.17) is 11.5 Å². The van der Waals surface area contributed by atoms with Crippen LogP contribution in [0.2, 0.25) is 0 Å². The standard InChI is InChI=1S/C6H11N3O2/c7-4-3-9(6(4)11)2-1-5(8)10/h4H,1-3,7H2,(H2,8,10). The third-order valence-electron chi connectivity index (χ3n) is 1.67. The number of amides is 2. The second-order valence-corrected chi connectivity index (χ2v) is 2.61. The SMILES string of the molecule is NC(=O)CCN1CC(N)C1=O. The Kier molecular flexibility index (Phi) is 2.09. The van der Waals surface area contributed by atoms with Crippen molar-refractivity contribution in [3.05, 3.63) is 0 Å². The van der Waals surface area contributed by atoms with E-state index in [1.807, 2.05) is 0 Å². The van der Waals surface area contributed by atoms with Gasteiger partial charge in [-0.2, -0.15) is 0 Å². The van der Waals surface area contributed by atoms with Gasteiger partial charge >= 0.3 is 0 Å². The summed E-state index contributed by atoms with van der Waals surface area (Å²) in [4.78, 5) is 22.6. The molecule has 62 valence electrons. The molecule has 4 N–H and O–H groups in total. The van der Waals surface area contributed by atoms with Crippen molar-refractivity contribution in [3.63, 3.8) is 0 Å². The summed E-state index contributed by atoms with van der Waals surface area (Å²) in [6.07, 6.45) is 0.221. The smallest absolute Gasteiger partial charge is 0.241 e. The quantitative estimate of drug-likeness (QED) is 0.466. The van der Waals surface area contributed by atoms with E-state index in [1.165, 1.54) is 4.90 Å². The van der Waals surface area contributed by atoms with E-state index in [2.05, 4.69) is 0 Å². The molecule has 0 aromatic rings. The van der Waals surface area contributed by atoms with Gasteiger partial charge < -0.3 is 16.4 Å². The molecule has 0 aliphatic carbocycles. The van der Waals surface area contributed by atoms with Crippen molar-refractivity contribution < 1.29 is 9.59 Å². The molecule has 2 amide bonds. The number of hydrogen-bond donors (Lipinski definition) is 2. The molecule has 1 saturated heterocycles. The second-order valence-electron chi connectivity index (χ2n) is 2.61. The lowest BCUT2D eigenvalue weighted by Crippen LogP contribution is -2.61. The van der Waals surface area contributed by atoms with Crippen molar-refractivity contribution in [3.8, 4) is 0 Å². The molecule has 0 aromatic carbocycles. The molecule has 1 aliphatic rings. The van der Waals surface area contributed by atoms with Crippen molar-refractivity contribution in [2.24, 2.45) is 11.5 Å². The molecule has 5 heteroatoms. The summed E-state index contributed by atoms with van der Waals surface area (Å²) >= 11 is 0. The second kappa shape index (κ2) is 2.87. The summed E-state index contributed by atoms with van der Waals surface area (Å²) in [5.74, 6) is -0.482. The van der Waals surface area contributed by atoms with Crippen LogP contribution in [-0.4, -0.2) is 35.8 Å². The summed E-state index contributed by atoms with van der Waals surface area (Å²) in [5, 5.41) is 0. The minimum absolute atomic E-state index is 0.0914. The molecule has 0 radical (unpaired) electrons. The van der Waals surface area contributed by atoms with Gasteiger partial charge in [0.05, 0.1) is 0 Å². The number of rotatable bonds is 3. The van der Waals surface area contributed by atoms with Gasteiger partial charge in [-0.05, 0) is 0 Å². The fourth-order valence-corrected chi connectivity index (χ4v) is 0.974. The van der Waals surface area contributed by atoms with E-state index in [0.717, 1.165) is 0 Å². The summed E-state index contributed by atoms with van der Waals surface area (Å²) in [6.45, 7) is 0.952. The minimum Gasteiger partial charge on any atom is -0.370 e. The Bertz CT molecular complexity index is 192. The number of carbonyl (C=O) groups excluding carboxylic acids is 2. The van der Waals surface area contributed by atoms with Gasteiger partial charge in [0.25, 0.3) is 0 Å². The number of β-lactam (4-membered cyclic amide) rings is 1. The van der Waals surface area contributed by atoms with E-state index in [0.29, 0.717) is 13.1 Å². The molecule has 1 rings (SSSR count). The lowest BCUT2D eigenvalue weighted by Gasteiger charge is -2.35. The Morgan fingerprint density at radius 3 is 2.73 bits per heavy atom. The number of hydrogen-bond acceptors (Lipinski definition) is 3. The summed E-state index contributed by atoms with van der Waals surface area (Å²) in [5.41, 5.74) is 10.2. The largest absolute Gasteiger partial charge is 0.370 e. The molecule has 1 heterocycles. The Morgan fingerprint density at radius 2 is 2.36 bits per heavy atom. The molecule has 1 unspecified atom stereocenters. The van der Waals surface area contributed by atoms with Crippen molar-refractivity contribution in [1.29, 1.82) is 0 Å². The van der Waals surface area contributed by atoms with Gasteiger partial charge in [0.15, 0.2) is 0 Å². The highest BCUT2D eigenvalue weighted by Crippen LogP contribution is 2.07. The van der Waals surface area contributed by atoms with Crippen LogP contribution >= 0.6 is 0 Å². The molecule has 0 bridgehead atoms. The highest BCUT2D eigenvalue weighted by molar-refractivity contribution is 5.88. The van der Waals surface area contributed by atoms with Gasteiger partial charge in [-0.1, -0.05) is 0 Å². The number of carbonyl (C=O) groups is 2. The van der Waals surface area contributed by atoms with Crippen LogP contribution in [0.5, 0.6) is 0 Å². The zero-order chi connectivity index (χ0) is 8.43. The van der Waals surface area contributed by atoms with Crippen LogP contribution in [0.15, 0.2) is 0 Å². The first kappa shape index (κ1) is 8.00. The normalized spacial score (nSPS) is 23.2. The Hall–Kier alpha value is -1.10. The number of nitrogens with two attached hydrogens (primary N) is 2. The molecule has 5 nitrogen and oxygen atoms in total. The topological polar surface area (TPSA) is 89.4 Å². The summed E-state index contributed by atoms with van der Waals surface area (Å²) in [7, 11) is 0. The third-order valence-corrected chi connectivity index (χ3v) is 1.67. The van der Waals surface area contributed by atoms with E-state index in [-0.39, 0.29) is 18.4 Å². The van der Waals surface area contributed by atoms with Gasteiger partial charge in [-0.15, -0.1) is 0 Å². The van der Waals surface area contributed by atoms with Crippen LogP contribution in [0.1, 0.15) is 6.42 Å². The summed E-state index contributed by atoms with van der Waals surface area (Å²) in [6, 6.07) is -0.358. The average molecular weight is 157 g/mol. The van der Waals surface area contributed by atoms with Crippen molar-refractivity contribution in [2.45, 2.75) is 12.5 Å². The van der Waals surface area contributed by atoms with Crippen LogP contribution in [-0.2, 0) is 9.59 Å². The molecular formula is C6H11N3O2. The van der Waals surface area contributed by atoms with E-state index in [1.54, 1.807) is 0 Å². The number of primary amides is 1. The average Bonchev–Trinajstić information content (AvgIpc) is 1.96. The molecule has 11 heavy (non-hydrogen) atoms. The Labute approximate surface area is 64.3 Å². The minimum atomic E-state index is -0.390. The zero-order valence-corrected chi connectivity index (χ0v) is 6.12. The maximum atomic E-state index is 10.8. The first-order chi connectivity index (χ1) is 5.11. The van der Waals surface area contributed by atoms with Gasteiger partial charge in [0.2, 0.25) is 11.8 Å². The molecule has 1 fully saturated rings. The van der Waals surface area contributed by atoms with Crippen LogP contribution < -0.4 is 11.5 Å². The van der Waals surface area contributed by atoms with E-state index in [9.17, 15) is 9.59 Å². The predicted octanol–water partition coefficient (Wildman–Crippen LogP) is -1.97. The maximum Gasteiger partial charge on any atom is 0.241 e.